The van der Waals surface area contributed by atoms with Crippen LogP contribution in [0, 0.1) is 0 Å². The molecule has 1 saturated heterocycles. The summed E-state index contributed by atoms with van der Waals surface area (Å²) in [5, 5.41) is 12.2. The van der Waals surface area contributed by atoms with Gasteiger partial charge in [-0.3, -0.25) is 4.79 Å². The van der Waals surface area contributed by atoms with Crippen LogP contribution >= 0.6 is 0 Å². The molecule has 1 aromatic carbocycles. The Morgan fingerprint density at radius 3 is 2.76 bits per heavy atom. The van der Waals surface area contributed by atoms with Crippen molar-refractivity contribution in [2.45, 2.75) is 24.8 Å². The van der Waals surface area contributed by atoms with Gasteiger partial charge in [0.15, 0.2) is 0 Å². The van der Waals surface area contributed by atoms with Crippen LogP contribution in [-0.2, 0) is 4.79 Å². The lowest BCUT2D eigenvalue weighted by Crippen LogP contribution is -2.27. The van der Waals surface area contributed by atoms with Crippen molar-refractivity contribution in [3.05, 3.63) is 35.4 Å². The highest BCUT2D eigenvalue weighted by atomic mass is 16.4. The molecule has 4 heteroatoms. The number of hydrogen-bond acceptors (Lipinski definition) is 3. The monoisotopic (exact) mass is 234 g/mol. The first-order valence-electron chi connectivity index (χ1n) is 5.97. The van der Waals surface area contributed by atoms with Crippen molar-refractivity contribution >= 4 is 5.97 Å². The third kappa shape index (κ3) is 2.84. The lowest BCUT2D eigenvalue weighted by Gasteiger charge is -2.23. The van der Waals surface area contributed by atoms with Crippen molar-refractivity contribution in [2.75, 3.05) is 13.1 Å². The molecule has 4 N–H and O–H groups in total. The summed E-state index contributed by atoms with van der Waals surface area (Å²) in [5.41, 5.74) is 7.52. The fourth-order valence-electron chi connectivity index (χ4n) is 2.30. The molecule has 0 radical (unpaired) electrons. The van der Waals surface area contributed by atoms with E-state index in [1.807, 2.05) is 12.1 Å². The molecule has 1 fully saturated rings. The smallest absolute Gasteiger partial charge is 0.325 e. The molecule has 92 valence electrons. The standard InChI is InChI=1S/C13H18N2O2/c14-12(13(16)17)11-3-1-2-10(8-11)9-4-6-15-7-5-9/h1-3,8-9,12,15H,4-7,14H2,(H,16,17). The van der Waals surface area contributed by atoms with Crippen LogP contribution < -0.4 is 11.1 Å². The molecular weight excluding hydrogens is 216 g/mol. The van der Waals surface area contributed by atoms with E-state index in [1.165, 1.54) is 5.56 Å². The first kappa shape index (κ1) is 12.1. The van der Waals surface area contributed by atoms with Gasteiger partial charge in [-0.15, -0.1) is 0 Å². The first-order chi connectivity index (χ1) is 8.18. The van der Waals surface area contributed by atoms with Crippen molar-refractivity contribution in [1.29, 1.82) is 0 Å². The Kier molecular flexibility index (Phi) is 3.76. The predicted molar refractivity (Wildman–Crippen MR) is 65.9 cm³/mol. The fraction of sp³-hybridized carbons (Fsp3) is 0.462. The second-order valence-corrected chi connectivity index (χ2v) is 4.51. The zero-order valence-corrected chi connectivity index (χ0v) is 9.73. The molecule has 1 unspecified atom stereocenters. The minimum Gasteiger partial charge on any atom is -0.480 e. The number of hydrogen-bond donors (Lipinski definition) is 3. The summed E-state index contributed by atoms with van der Waals surface area (Å²) >= 11 is 0. The normalized spacial score (nSPS) is 18.9. The van der Waals surface area contributed by atoms with Gasteiger partial charge in [-0.1, -0.05) is 24.3 Å². The van der Waals surface area contributed by atoms with E-state index in [1.54, 1.807) is 6.07 Å². The van der Waals surface area contributed by atoms with Gasteiger partial charge in [-0.25, -0.2) is 0 Å². The van der Waals surface area contributed by atoms with Gasteiger partial charge in [0, 0.05) is 0 Å². The van der Waals surface area contributed by atoms with Crippen LogP contribution in [0.1, 0.15) is 35.9 Å². The summed E-state index contributed by atoms with van der Waals surface area (Å²) in [7, 11) is 0. The molecule has 0 aromatic heterocycles. The van der Waals surface area contributed by atoms with Crippen LogP contribution in [0.2, 0.25) is 0 Å². The Labute approximate surface area is 101 Å². The first-order valence-corrected chi connectivity index (χ1v) is 5.97. The highest BCUT2D eigenvalue weighted by molar-refractivity contribution is 5.75. The largest absolute Gasteiger partial charge is 0.480 e. The van der Waals surface area contributed by atoms with Crippen LogP contribution in [0.4, 0.5) is 0 Å². The van der Waals surface area contributed by atoms with E-state index in [9.17, 15) is 4.79 Å². The zero-order valence-electron chi connectivity index (χ0n) is 9.73. The number of rotatable bonds is 3. The number of piperidine rings is 1. The van der Waals surface area contributed by atoms with Gasteiger partial charge in [0.25, 0.3) is 0 Å². The number of carboxylic acids is 1. The zero-order chi connectivity index (χ0) is 12.3. The van der Waals surface area contributed by atoms with E-state index >= 15 is 0 Å². The van der Waals surface area contributed by atoms with Gasteiger partial charge in [-0.05, 0) is 43.0 Å². The molecule has 0 amide bonds. The Hall–Kier alpha value is -1.39. The Balaban J connectivity index is 2.18. The number of aliphatic carboxylic acids is 1. The molecule has 1 aromatic rings. The van der Waals surface area contributed by atoms with E-state index in [-0.39, 0.29) is 0 Å². The quantitative estimate of drug-likeness (QED) is 0.735. The molecule has 1 atom stereocenters. The molecule has 4 nitrogen and oxygen atoms in total. The van der Waals surface area contributed by atoms with Crippen molar-refractivity contribution in [3.8, 4) is 0 Å². The number of carboxylic acid groups (broad SMARTS) is 1. The highest BCUT2D eigenvalue weighted by Crippen LogP contribution is 2.26. The van der Waals surface area contributed by atoms with Crippen LogP contribution in [0.5, 0.6) is 0 Å². The maximum atomic E-state index is 10.9. The van der Waals surface area contributed by atoms with Crippen molar-refractivity contribution in [2.24, 2.45) is 5.73 Å². The molecule has 0 bridgehead atoms. The van der Waals surface area contributed by atoms with Crippen molar-refractivity contribution in [1.82, 2.24) is 5.32 Å². The molecule has 0 aliphatic carbocycles. The van der Waals surface area contributed by atoms with E-state index < -0.39 is 12.0 Å². The molecule has 1 heterocycles. The number of nitrogens with one attached hydrogen (secondary N) is 1. The Morgan fingerprint density at radius 2 is 2.12 bits per heavy atom. The van der Waals surface area contributed by atoms with E-state index in [2.05, 4.69) is 11.4 Å². The minimum absolute atomic E-state index is 0.525. The maximum absolute atomic E-state index is 10.9. The maximum Gasteiger partial charge on any atom is 0.325 e. The van der Waals surface area contributed by atoms with Crippen LogP contribution in [0.3, 0.4) is 0 Å². The third-order valence-electron chi connectivity index (χ3n) is 3.35. The van der Waals surface area contributed by atoms with Gasteiger partial charge >= 0.3 is 5.97 Å². The predicted octanol–water partition coefficient (Wildman–Crippen LogP) is 1.24. The topological polar surface area (TPSA) is 75.4 Å². The summed E-state index contributed by atoms with van der Waals surface area (Å²) in [5.74, 6) is -0.454. The van der Waals surface area contributed by atoms with Gasteiger partial charge in [0.05, 0.1) is 0 Å². The second kappa shape index (κ2) is 5.29. The summed E-state index contributed by atoms with van der Waals surface area (Å²) in [4.78, 5) is 10.9. The average molecular weight is 234 g/mol. The molecule has 1 aliphatic rings. The van der Waals surface area contributed by atoms with Crippen LogP contribution in [-0.4, -0.2) is 24.2 Å². The third-order valence-corrected chi connectivity index (χ3v) is 3.35. The molecule has 0 spiro atoms. The fourth-order valence-corrected chi connectivity index (χ4v) is 2.30. The van der Waals surface area contributed by atoms with E-state index in [0.29, 0.717) is 11.5 Å². The van der Waals surface area contributed by atoms with Gasteiger partial charge in [0.2, 0.25) is 0 Å². The minimum atomic E-state index is -0.979. The van der Waals surface area contributed by atoms with Crippen LogP contribution in [0.25, 0.3) is 0 Å². The average Bonchev–Trinajstić information content (AvgIpc) is 2.39. The summed E-state index contributed by atoms with van der Waals surface area (Å²) in [6.45, 7) is 2.06. The second-order valence-electron chi connectivity index (χ2n) is 4.51. The SMILES string of the molecule is NC(C(=O)O)c1cccc(C2CCNCC2)c1. The van der Waals surface area contributed by atoms with Gasteiger partial charge in [0.1, 0.15) is 6.04 Å². The molecule has 1 aliphatic heterocycles. The number of carbonyl (C=O) groups is 1. The van der Waals surface area contributed by atoms with E-state index in [4.69, 9.17) is 10.8 Å². The lowest BCUT2D eigenvalue weighted by molar-refractivity contribution is -0.138. The lowest BCUT2D eigenvalue weighted by atomic mass is 9.88. The van der Waals surface area contributed by atoms with Gasteiger partial charge < -0.3 is 16.2 Å². The van der Waals surface area contributed by atoms with Crippen molar-refractivity contribution < 1.29 is 9.90 Å². The Morgan fingerprint density at radius 1 is 1.41 bits per heavy atom. The summed E-state index contributed by atoms with van der Waals surface area (Å²) in [6.07, 6.45) is 2.21. The van der Waals surface area contributed by atoms with Crippen LogP contribution in [0.15, 0.2) is 24.3 Å². The summed E-state index contributed by atoms with van der Waals surface area (Å²) < 4.78 is 0. The Bertz CT molecular complexity index is 400. The van der Waals surface area contributed by atoms with Gasteiger partial charge in [-0.2, -0.15) is 0 Å². The molecule has 2 rings (SSSR count). The number of nitrogens with two attached hydrogens (primary N) is 1. The highest BCUT2D eigenvalue weighted by Gasteiger charge is 2.18. The molecule has 17 heavy (non-hydrogen) atoms. The number of benzene rings is 1. The molecule has 0 saturated carbocycles. The van der Waals surface area contributed by atoms with E-state index in [0.717, 1.165) is 25.9 Å². The van der Waals surface area contributed by atoms with Crippen molar-refractivity contribution in [3.63, 3.8) is 0 Å². The molecular formula is C13H18N2O2. The summed E-state index contributed by atoms with van der Waals surface area (Å²) in [6, 6.07) is 6.76.